The lowest BCUT2D eigenvalue weighted by molar-refractivity contribution is 0.0941. The smallest absolute Gasteiger partial charge is 0.257 e. The number of hydrogen-bond donors (Lipinski definition) is 2. The molecule has 0 saturated heterocycles. The van der Waals surface area contributed by atoms with E-state index in [9.17, 15) is 9.59 Å². The lowest BCUT2D eigenvalue weighted by Crippen LogP contribution is -2.30. The van der Waals surface area contributed by atoms with Crippen molar-refractivity contribution in [3.05, 3.63) is 64.2 Å². The molecule has 2 amide bonds. The first-order chi connectivity index (χ1) is 10.9. The van der Waals surface area contributed by atoms with Crippen LogP contribution >= 0.6 is 11.6 Å². The van der Waals surface area contributed by atoms with E-state index in [0.717, 1.165) is 5.56 Å². The van der Waals surface area contributed by atoms with Crippen LogP contribution in [-0.4, -0.2) is 17.9 Å². The van der Waals surface area contributed by atoms with Crippen molar-refractivity contribution in [2.75, 3.05) is 5.32 Å². The number of amides is 2. The molecule has 0 spiro atoms. The van der Waals surface area contributed by atoms with Gasteiger partial charge in [-0.3, -0.25) is 9.59 Å². The Morgan fingerprint density at radius 2 is 1.65 bits per heavy atom. The summed E-state index contributed by atoms with van der Waals surface area (Å²) in [6, 6.07) is 12.2. The molecule has 0 fully saturated rings. The average Bonchev–Trinajstić information content (AvgIpc) is 2.48. The van der Waals surface area contributed by atoms with Crippen LogP contribution in [0.1, 0.15) is 40.1 Å². The molecule has 0 atom stereocenters. The molecule has 0 aromatic heterocycles. The van der Waals surface area contributed by atoms with Crippen LogP contribution in [0.4, 0.5) is 5.69 Å². The third kappa shape index (κ3) is 4.57. The predicted molar refractivity (Wildman–Crippen MR) is 93.2 cm³/mol. The van der Waals surface area contributed by atoms with Crippen LogP contribution in [0, 0.1) is 6.92 Å². The molecule has 0 heterocycles. The lowest BCUT2D eigenvalue weighted by Gasteiger charge is -2.11. The van der Waals surface area contributed by atoms with E-state index < -0.39 is 0 Å². The zero-order valence-corrected chi connectivity index (χ0v) is 14.1. The van der Waals surface area contributed by atoms with Gasteiger partial charge in [-0.25, -0.2) is 0 Å². The number of halogens is 1. The van der Waals surface area contributed by atoms with Gasteiger partial charge in [-0.05, 0) is 51.1 Å². The summed E-state index contributed by atoms with van der Waals surface area (Å²) in [5.41, 5.74) is 2.56. The first-order valence-electron chi connectivity index (χ1n) is 7.35. The van der Waals surface area contributed by atoms with Crippen LogP contribution in [0.25, 0.3) is 0 Å². The van der Waals surface area contributed by atoms with E-state index in [-0.39, 0.29) is 22.9 Å². The number of carbonyl (C=O) groups is 2. The van der Waals surface area contributed by atoms with E-state index in [2.05, 4.69) is 10.6 Å². The van der Waals surface area contributed by atoms with Gasteiger partial charge in [0.05, 0.1) is 10.6 Å². The zero-order chi connectivity index (χ0) is 17.0. The Balaban J connectivity index is 2.15. The van der Waals surface area contributed by atoms with Crippen molar-refractivity contribution >= 4 is 29.1 Å². The summed E-state index contributed by atoms with van der Waals surface area (Å²) in [6.45, 7) is 5.73. The Kier molecular flexibility index (Phi) is 5.40. The summed E-state index contributed by atoms with van der Waals surface area (Å²) in [5.74, 6) is -0.526. The van der Waals surface area contributed by atoms with Gasteiger partial charge in [0.25, 0.3) is 11.8 Å². The lowest BCUT2D eigenvalue weighted by atomic mass is 10.1. The number of hydrogen-bond acceptors (Lipinski definition) is 2. The molecular formula is C18H19ClN2O2. The molecule has 0 aliphatic rings. The molecule has 0 aliphatic heterocycles. The standard InChI is InChI=1S/C18H19ClN2O2/c1-11(2)20-17(22)13-6-9-15(16(19)10-13)18(23)21-14-7-4-12(3)5-8-14/h4-11H,1-3H3,(H,20,22)(H,21,23). The molecule has 4 nitrogen and oxygen atoms in total. The highest BCUT2D eigenvalue weighted by molar-refractivity contribution is 6.34. The van der Waals surface area contributed by atoms with E-state index in [1.807, 2.05) is 45.0 Å². The van der Waals surface area contributed by atoms with Crippen molar-refractivity contribution in [2.45, 2.75) is 26.8 Å². The van der Waals surface area contributed by atoms with Gasteiger partial charge in [0.15, 0.2) is 0 Å². The number of rotatable bonds is 4. The van der Waals surface area contributed by atoms with Gasteiger partial charge in [-0.15, -0.1) is 0 Å². The van der Waals surface area contributed by atoms with Crippen LogP contribution in [0.15, 0.2) is 42.5 Å². The van der Waals surface area contributed by atoms with Gasteiger partial charge in [0, 0.05) is 17.3 Å². The molecule has 2 aromatic rings. The molecule has 0 unspecified atom stereocenters. The maximum Gasteiger partial charge on any atom is 0.257 e. The van der Waals surface area contributed by atoms with Gasteiger partial charge in [0.1, 0.15) is 0 Å². The highest BCUT2D eigenvalue weighted by Crippen LogP contribution is 2.20. The maximum absolute atomic E-state index is 12.3. The topological polar surface area (TPSA) is 58.2 Å². The summed E-state index contributed by atoms with van der Waals surface area (Å²) >= 11 is 6.16. The molecule has 23 heavy (non-hydrogen) atoms. The average molecular weight is 331 g/mol. The van der Waals surface area contributed by atoms with Gasteiger partial charge in [-0.1, -0.05) is 29.3 Å². The molecule has 0 aliphatic carbocycles. The third-order valence-corrected chi connectivity index (χ3v) is 3.52. The molecule has 0 bridgehead atoms. The molecule has 5 heteroatoms. The van der Waals surface area contributed by atoms with Crippen molar-refractivity contribution in [1.29, 1.82) is 0 Å². The third-order valence-electron chi connectivity index (χ3n) is 3.21. The summed E-state index contributed by atoms with van der Waals surface area (Å²) in [7, 11) is 0. The molecule has 2 N–H and O–H groups in total. The van der Waals surface area contributed by atoms with Gasteiger partial charge < -0.3 is 10.6 Å². The highest BCUT2D eigenvalue weighted by Gasteiger charge is 2.14. The van der Waals surface area contributed by atoms with E-state index in [4.69, 9.17) is 11.6 Å². The number of nitrogens with one attached hydrogen (secondary N) is 2. The molecule has 0 radical (unpaired) electrons. The van der Waals surface area contributed by atoms with Crippen LogP contribution in [0.5, 0.6) is 0 Å². The monoisotopic (exact) mass is 330 g/mol. The van der Waals surface area contributed by atoms with Crippen molar-refractivity contribution in [3.63, 3.8) is 0 Å². The van der Waals surface area contributed by atoms with Crippen LogP contribution in [0.2, 0.25) is 5.02 Å². The van der Waals surface area contributed by atoms with Crippen LogP contribution in [-0.2, 0) is 0 Å². The number of anilines is 1. The summed E-state index contributed by atoms with van der Waals surface area (Å²) in [5, 5.41) is 5.81. The van der Waals surface area contributed by atoms with Crippen molar-refractivity contribution in [3.8, 4) is 0 Å². The largest absolute Gasteiger partial charge is 0.350 e. The normalized spacial score (nSPS) is 10.5. The fourth-order valence-corrected chi connectivity index (χ4v) is 2.29. The molecule has 0 saturated carbocycles. The predicted octanol–water partition coefficient (Wildman–Crippen LogP) is 4.04. The van der Waals surface area contributed by atoms with Crippen LogP contribution in [0.3, 0.4) is 0 Å². The number of carbonyl (C=O) groups excluding carboxylic acids is 2. The fraction of sp³-hybridized carbons (Fsp3) is 0.222. The summed E-state index contributed by atoms with van der Waals surface area (Å²) < 4.78 is 0. The first-order valence-corrected chi connectivity index (χ1v) is 7.73. The van der Waals surface area contributed by atoms with Gasteiger partial charge in [0.2, 0.25) is 0 Å². The Morgan fingerprint density at radius 1 is 1.00 bits per heavy atom. The van der Waals surface area contributed by atoms with Crippen LogP contribution < -0.4 is 10.6 Å². The van der Waals surface area contributed by atoms with E-state index in [1.165, 1.54) is 6.07 Å². The molecule has 2 aromatic carbocycles. The Hall–Kier alpha value is -2.33. The SMILES string of the molecule is Cc1ccc(NC(=O)c2ccc(C(=O)NC(C)C)cc2Cl)cc1. The fourth-order valence-electron chi connectivity index (χ4n) is 2.02. The number of aryl methyl sites for hydroxylation is 1. The second kappa shape index (κ2) is 7.29. The minimum Gasteiger partial charge on any atom is -0.350 e. The molecule has 2 rings (SSSR count). The maximum atomic E-state index is 12.3. The minimum atomic E-state index is -0.310. The Labute approximate surface area is 140 Å². The van der Waals surface area contributed by atoms with Gasteiger partial charge in [-0.2, -0.15) is 0 Å². The van der Waals surface area contributed by atoms with Crippen molar-refractivity contribution < 1.29 is 9.59 Å². The Morgan fingerprint density at radius 3 is 2.22 bits per heavy atom. The number of benzene rings is 2. The minimum absolute atomic E-state index is 0.0331. The molecular weight excluding hydrogens is 312 g/mol. The second-order valence-corrected chi connectivity index (χ2v) is 6.05. The zero-order valence-electron chi connectivity index (χ0n) is 13.3. The second-order valence-electron chi connectivity index (χ2n) is 5.64. The molecule has 120 valence electrons. The summed E-state index contributed by atoms with van der Waals surface area (Å²) in [6.07, 6.45) is 0. The van der Waals surface area contributed by atoms with E-state index in [1.54, 1.807) is 12.1 Å². The first kappa shape index (κ1) is 17.0. The highest BCUT2D eigenvalue weighted by atomic mass is 35.5. The van der Waals surface area contributed by atoms with E-state index >= 15 is 0 Å². The Bertz CT molecular complexity index is 724. The quantitative estimate of drug-likeness (QED) is 0.888. The van der Waals surface area contributed by atoms with Gasteiger partial charge >= 0.3 is 0 Å². The van der Waals surface area contributed by atoms with Crippen molar-refractivity contribution in [1.82, 2.24) is 5.32 Å². The van der Waals surface area contributed by atoms with E-state index in [0.29, 0.717) is 16.8 Å². The van der Waals surface area contributed by atoms with Crippen molar-refractivity contribution in [2.24, 2.45) is 0 Å². The summed E-state index contributed by atoms with van der Waals surface area (Å²) in [4.78, 5) is 24.2.